The van der Waals surface area contributed by atoms with Crippen LogP contribution in [0.5, 0.6) is 0 Å². The van der Waals surface area contributed by atoms with Crippen LogP contribution < -0.4 is 4.90 Å². The molecule has 3 heterocycles. The number of piperazine rings is 1. The molecule has 1 saturated heterocycles. The fraction of sp³-hybridized carbons (Fsp3) is 0.450. The Morgan fingerprint density at radius 1 is 1.07 bits per heavy atom. The molecular weight excluding hydrogens is 342 g/mol. The zero-order chi connectivity index (χ0) is 19.0. The molecule has 0 saturated carbocycles. The molecule has 0 unspecified atom stereocenters. The average Bonchev–Trinajstić information content (AvgIpc) is 2.98. The van der Waals surface area contributed by atoms with E-state index in [-0.39, 0.29) is 5.97 Å². The molecule has 4 rings (SSSR count). The number of fused-ring (bicyclic) bond motifs is 3. The Labute approximate surface area is 158 Å². The lowest BCUT2D eigenvalue weighted by Crippen LogP contribution is -2.49. The molecule has 27 heavy (non-hydrogen) atoms. The minimum absolute atomic E-state index is 0.167. The maximum Gasteiger partial charge on any atom is 0.320 e. The van der Waals surface area contributed by atoms with E-state index in [0.717, 1.165) is 43.0 Å². The number of carbonyl (C=O) groups excluding carboxylic acids is 1. The van der Waals surface area contributed by atoms with Gasteiger partial charge in [-0.15, -0.1) is 0 Å². The Morgan fingerprint density at radius 2 is 1.81 bits per heavy atom. The van der Waals surface area contributed by atoms with Crippen molar-refractivity contribution in [3.05, 3.63) is 36.5 Å². The maximum atomic E-state index is 12.0. The van der Waals surface area contributed by atoms with E-state index in [1.165, 1.54) is 0 Å². The first-order chi connectivity index (χ1) is 12.9. The first-order valence-corrected chi connectivity index (χ1v) is 9.32. The van der Waals surface area contributed by atoms with E-state index in [9.17, 15) is 4.79 Å². The van der Waals surface area contributed by atoms with E-state index in [0.29, 0.717) is 12.3 Å². The van der Waals surface area contributed by atoms with Crippen LogP contribution in [0.4, 0.5) is 5.82 Å². The summed E-state index contributed by atoms with van der Waals surface area (Å²) < 4.78 is 7.42. The number of esters is 1. The molecule has 0 N–H and O–H groups in total. The molecule has 7 nitrogen and oxygen atoms in total. The number of anilines is 1. The summed E-state index contributed by atoms with van der Waals surface area (Å²) >= 11 is 0. The molecule has 0 aliphatic carbocycles. The SMILES string of the molecule is CC(C)(C)OC(=O)CN1CCN(c2ccn3c(n2)nc2ccccc23)CC1. The number of hydrogen-bond donors (Lipinski definition) is 0. The van der Waals surface area contributed by atoms with Gasteiger partial charge in [0.2, 0.25) is 5.78 Å². The minimum atomic E-state index is -0.439. The largest absolute Gasteiger partial charge is 0.459 e. The predicted molar refractivity (Wildman–Crippen MR) is 105 cm³/mol. The molecule has 142 valence electrons. The average molecular weight is 367 g/mol. The number of benzene rings is 1. The standard InChI is InChI=1S/C20H25N5O2/c1-20(2,3)27-18(26)14-23-10-12-24(13-11-23)17-8-9-25-16-7-5-4-6-15(16)21-19(25)22-17/h4-9H,10-14H2,1-3H3. The van der Waals surface area contributed by atoms with Gasteiger partial charge in [0, 0.05) is 32.4 Å². The Balaban J connectivity index is 1.42. The highest BCUT2D eigenvalue weighted by atomic mass is 16.6. The third kappa shape index (κ3) is 3.88. The summed E-state index contributed by atoms with van der Waals surface area (Å²) in [5, 5.41) is 0. The van der Waals surface area contributed by atoms with Crippen molar-refractivity contribution in [3.8, 4) is 0 Å². The molecule has 1 aliphatic heterocycles. The normalized spacial score (nSPS) is 16.2. The van der Waals surface area contributed by atoms with Crippen LogP contribution in [0.1, 0.15) is 20.8 Å². The summed E-state index contributed by atoms with van der Waals surface area (Å²) in [7, 11) is 0. The van der Waals surface area contributed by atoms with Crippen LogP contribution >= 0.6 is 0 Å². The van der Waals surface area contributed by atoms with Gasteiger partial charge in [-0.1, -0.05) is 12.1 Å². The number of rotatable bonds is 3. The van der Waals surface area contributed by atoms with E-state index in [1.54, 1.807) is 0 Å². The van der Waals surface area contributed by atoms with Crippen molar-refractivity contribution in [2.45, 2.75) is 26.4 Å². The van der Waals surface area contributed by atoms with E-state index in [4.69, 9.17) is 9.72 Å². The summed E-state index contributed by atoms with van der Waals surface area (Å²) in [6.07, 6.45) is 2.03. The van der Waals surface area contributed by atoms with Gasteiger partial charge in [0.25, 0.3) is 0 Å². The highest BCUT2D eigenvalue weighted by Gasteiger charge is 2.23. The second-order valence-electron chi connectivity index (χ2n) is 7.91. The molecule has 0 spiro atoms. The zero-order valence-corrected chi connectivity index (χ0v) is 16.1. The number of para-hydroxylation sites is 2. The fourth-order valence-electron chi connectivity index (χ4n) is 3.41. The van der Waals surface area contributed by atoms with Crippen LogP contribution in [0.2, 0.25) is 0 Å². The molecule has 0 atom stereocenters. The van der Waals surface area contributed by atoms with E-state index >= 15 is 0 Å². The minimum Gasteiger partial charge on any atom is -0.459 e. The summed E-state index contributed by atoms with van der Waals surface area (Å²) in [6, 6.07) is 10.1. The Bertz CT molecular complexity index is 967. The molecule has 0 radical (unpaired) electrons. The number of nitrogens with zero attached hydrogens (tertiary/aromatic N) is 5. The van der Waals surface area contributed by atoms with Crippen LogP contribution in [-0.2, 0) is 9.53 Å². The molecule has 0 bridgehead atoms. The summed E-state index contributed by atoms with van der Waals surface area (Å²) in [5.41, 5.74) is 1.57. The van der Waals surface area contributed by atoms with Gasteiger partial charge < -0.3 is 9.64 Å². The molecule has 1 fully saturated rings. The highest BCUT2D eigenvalue weighted by Crippen LogP contribution is 2.19. The lowest BCUT2D eigenvalue weighted by molar-refractivity contribution is -0.156. The number of aromatic nitrogens is 3. The third-order valence-corrected chi connectivity index (χ3v) is 4.63. The number of imidazole rings is 1. The van der Waals surface area contributed by atoms with Gasteiger partial charge in [-0.3, -0.25) is 14.1 Å². The quantitative estimate of drug-likeness (QED) is 0.662. The molecule has 3 aromatic rings. The van der Waals surface area contributed by atoms with E-state index in [2.05, 4.69) is 14.8 Å². The number of ether oxygens (including phenoxy) is 1. The maximum absolute atomic E-state index is 12.0. The van der Waals surface area contributed by atoms with Crippen molar-refractivity contribution in [3.63, 3.8) is 0 Å². The molecular formula is C20H25N5O2. The van der Waals surface area contributed by atoms with Gasteiger partial charge in [-0.05, 0) is 39.0 Å². The van der Waals surface area contributed by atoms with Crippen molar-refractivity contribution in [1.82, 2.24) is 19.3 Å². The first kappa shape index (κ1) is 17.7. The third-order valence-electron chi connectivity index (χ3n) is 4.63. The molecule has 2 aromatic heterocycles. The lowest BCUT2D eigenvalue weighted by Gasteiger charge is -2.35. The summed E-state index contributed by atoms with van der Waals surface area (Å²) in [5.74, 6) is 1.47. The second kappa shape index (κ2) is 6.81. The van der Waals surface area contributed by atoms with Crippen molar-refractivity contribution >= 4 is 28.6 Å². The van der Waals surface area contributed by atoms with Crippen molar-refractivity contribution in [1.29, 1.82) is 0 Å². The highest BCUT2D eigenvalue weighted by molar-refractivity contribution is 5.79. The first-order valence-electron chi connectivity index (χ1n) is 9.32. The Kier molecular flexibility index (Phi) is 4.47. The number of carbonyl (C=O) groups is 1. The van der Waals surface area contributed by atoms with Crippen LogP contribution in [0, 0.1) is 0 Å². The number of hydrogen-bond acceptors (Lipinski definition) is 6. The molecule has 7 heteroatoms. The van der Waals surface area contributed by atoms with Gasteiger partial charge in [0.15, 0.2) is 0 Å². The van der Waals surface area contributed by atoms with Gasteiger partial charge in [0.1, 0.15) is 11.4 Å². The van der Waals surface area contributed by atoms with E-state index in [1.807, 2.05) is 61.7 Å². The zero-order valence-electron chi connectivity index (χ0n) is 16.1. The van der Waals surface area contributed by atoms with Crippen molar-refractivity contribution < 1.29 is 9.53 Å². The molecule has 1 aliphatic rings. The van der Waals surface area contributed by atoms with Gasteiger partial charge in [0.05, 0.1) is 17.6 Å². The molecule has 0 amide bonds. The predicted octanol–water partition coefficient (Wildman–Crippen LogP) is 2.35. The summed E-state index contributed by atoms with van der Waals surface area (Å²) in [4.78, 5) is 25.7. The smallest absolute Gasteiger partial charge is 0.320 e. The van der Waals surface area contributed by atoms with Crippen molar-refractivity contribution in [2.75, 3.05) is 37.6 Å². The van der Waals surface area contributed by atoms with Crippen LogP contribution in [0.3, 0.4) is 0 Å². The molecule has 1 aromatic carbocycles. The van der Waals surface area contributed by atoms with E-state index < -0.39 is 5.60 Å². The van der Waals surface area contributed by atoms with Crippen LogP contribution in [0.25, 0.3) is 16.8 Å². The fourth-order valence-corrected chi connectivity index (χ4v) is 3.41. The second-order valence-corrected chi connectivity index (χ2v) is 7.91. The topological polar surface area (TPSA) is 63.0 Å². The van der Waals surface area contributed by atoms with Crippen LogP contribution in [-0.4, -0.2) is 63.6 Å². The Morgan fingerprint density at radius 3 is 2.56 bits per heavy atom. The Hall–Kier alpha value is -2.67. The van der Waals surface area contributed by atoms with Crippen LogP contribution in [0.15, 0.2) is 36.5 Å². The van der Waals surface area contributed by atoms with Gasteiger partial charge in [-0.25, -0.2) is 4.98 Å². The van der Waals surface area contributed by atoms with Gasteiger partial charge in [-0.2, -0.15) is 4.98 Å². The van der Waals surface area contributed by atoms with Crippen molar-refractivity contribution in [2.24, 2.45) is 0 Å². The monoisotopic (exact) mass is 367 g/mol. The van der Waals surface area contributed by atoms with Gasteiger partial charge >= 0.3 is 5.97 Å². The lowest BCUT2D eigenvalue weighted by atomic mass is 10.2. The summed E-state index contributed by atoms with van der Waals surface area (Å²) in [6.45, 7) is 9.28.